The van der Waals surface area contributed by atoms with Gasteiger partial charge in [-0.3, -0.25) is 0 Å². The summed E-state index contributed by atoms with van der Waals surface area (Å²) in [4.78, 5) is 0. The van der Waals surface area contributed by atoms with E-state index in [4.69, 9.17) is 0 Å². The van der Waals surface area contributed by atoms with Gasteiger partial charge in [0.05, 0.1) is 0 Å². The topological polar surface area (TPSA) is 244 Å². The van der Waals surface area contributed by atoms with Crippen LogP contribution in [0.1, 0.15) is 0 Å². The Balaban J connectivity index is 0. The van der Waals surface area contributed by atoms with Crippen molar-refractivity contribution in [3.8, 4) is 0 Å². The van der Waals surface area contributed by atoms with Crippen LogP contribution in [0.25, 0.3) is 49.2 Å². The molecule has 0 saturated heterocycles. The summed E-state index contributed by atoms with van der Waals surface area (Å²) in [5.41, 5.74) is 0. The van der Waals surface area contributed by atoms with Crippen LogP contribution in [0.2, 0.25) is 0 Å². The molecule has 0 aliphatic carbocycles. The van der Waals surface area contributed by atoms with Gasteiger partial charge >= 0.3 is 179 Å². The van der Waals surface area contributed by atoms with Gasteiger partial charge in [-0.2, -0.15) is 0 Å². The smallest absolute Gasteiger partial charge is 3.00 e. The van der Waals surface area contributed by atoms with Gasteiger partial charge in [-0.1, -0.05) is 0 Å². The molecule has 0 aromatic rings. The molecule has 0 saturated carbocycles. The van der Waals surface area contributed by atoms with Crippen molar-refractivity contribution in [3.63, 3.8) is 0 Å². The van der Waals surface area contributed by atoms with E-state index >= 15 is 0 Å². The molecule has 0 bridgehead atoms. The van der Waals surface area contributed by atoms with Gasteiger partial charge in [0.25, 0.3) is 0 Å². The maximum absolute atomic E-state index is 0. The Kier molecular flexibility index (Phi) is 2790. The minimum atomic E-state index is 0. The van der Waals surface area contributed by atoms with Crippen molar-refractivity contribution in [1.29, 1.82) is 0 Å². The molecule has 91 valence electrons. The molecule has 0 atom stereocenters. The fourth-order valence-electron chi connectivity index (χ4n) is 0. The summed E-state index contributed by atoms with van der Waals surface area (Å²) < 4.78 is 0. The van der Waals surface area contributed by atoms with E-state index in [9.17, 15) is 0 Å². The molecule has 14 heavy (non-hydrogen) atoms. The molecular formula is Er3N8Ta3. The van der Waals surface area contributed by atoms with Crippen LogP contribution in [0.4, 0.5) is 0 Å². The van der Waals surface area contributed by atoms with Crippen molar-refractivity contribution < 1.29 is 179 Å². The van der Waals surface area contributed by atoms with Crippen molar-refractivity contribution in [1.82, 2.24) is 0 Å². The molecule has 0 aliphatic rings. The van der Waals surface area contributed by atoms with E-state index in [-0.39, 0.29) is 228 Å². The molecular weight excluding hydrogens is 1160 g/mol. The van der Waals surface area contributed by atoms with E-state index in [0.717, 1.165) is 0 Å². The average Bonchev–Trinajstić information content (AvgIpc) is 0. The number of hydrogen-bond acceptors (Lipinski definition) is 0. The van der Waals surface area contributed by atoms with Crippen LogP contribution in [0, 0.1) is 112 Å². The predicted molar refractivity (Wildman–Crippen MR) is 26.9 cm³/mol. The largest absolute Gasteiger partial charge is 5.00 e. The van der Waals surface area contributed by atoms with Crippen molar-refractivity contribution in [2.75, 3.05) is 0 Å². The number of nitrogens with zero attached hydrogens (tertiary/aromatic N) is 8. The van der Waals surface area contributed by atoms with Gasteiger partial charge < -0.3 is 49.2 Å². The second-order valence-electron chi connectivity index (χ2n) is 0. The first kappa shape index (κ1) is 214. The van der Waals surface area contributed by atoms with Crippen LogP contribution >= 0.6 is 0 Å². The molecule has 0 N–H and O–H groups in total. The molecule has 3 radical (unpaired) electrons. The molecule has 0 unspecified atom stereocenters. The maximum Gasteiger partial charge on any atom is 5.00 e. The van der Waals surface area contributed by atoms with E-state index in [1.807, 2.05) is 0 Å². The SMILES string of the molecule is [Er+3].[Er+3].[Er+3].[N-3].[N-3].[N-3].[N-3].[N-3].[N-3].[N-3].[N-3].[Ta+5].[Ta+5].[Ta+5]. The van der Waals surface area contributed by atoms with Crippen LogP contribution in [-0.2, 0) is 67.1 Å². The first-order chi connectivity index (χ1) is 0. The summed E-state index contributed by atoms with van der Waals surface area (Å²) in [6, 6.07) is 0. The molecule has 0 heterocycles. The van der Waals surface area contributed by atoms with Crippen molar-refractivity contribution in [3.05, 3.63) is 49.2 Å². The minimum absolute atomic E-state index is 0. The minimum Gasteiger partial charge on any atom is -3.00 e. The first-order valence-corrected chi connectivity index (χ1v) is 0. The summed E-state index contributed by atoms with van der Waals surface area (Å²) in [6.07, 6.45) is 0. The fraction of sp³-hybridized carbons (Fsp3) is 0. The Morgan fingerprint density at radius 1 is 0.214 bits per heavy atom. The van der Waals surface area contributed by atoms with Gasteiger partial charge in [-0.15, -0.1) is 0 Å². The molecule has 0 aromatic carbocycles. The Morgan fingerprint density at radius 3 is 0.214 bits per heavy atom. The Hall–Kier alpha value is 5.64. The number of hydrogen-bond donors (Lipinski definition) is 0. The van der Waals surface area contributed by atoms with Crippen LogP contribution in [0.15, 0.2) is 0 Å². The zero-order chi connectivity index (χ0) is 0. The molecule has 14 heteroatoms. The second kappa shape index (κ2) is 182. The van der Waals surface area contributed by atoms with Gasteiger partial charge in [0.2, 0.25) is 0 Å². The van der Waals surface area contributed by atoms with Crippen LogP contribution in [-0.4, -0.2) is 0 Å². The predicted octanol–water partition coefficient (Wildman–Crippen LogP) is 2.30. The third-order valence-corrected chi connectivity index (χ3v) is 0. The van der Waals surface area contributed by atoms with E-state index in [1.54, 1.807) is 0 Å². The van der Waals surface area contributed by atoms with Crippen LogP contribution in [0.3, 0.4) is 0 Å². The van der Waals surface area contributed by atoms with E-state index < -0.39 is 0 Å². The van der Waals surface area contributed by atoms with Crippen molar-refractivity contribution >= 4 is 0 Å². The van der Waals surface area contributed by atoms with Crippen LogP contribution in [0.5, 0.6) is 0 Å². The fourth-order valence-corrected chi connectivity index (χ4v) is 0. The Morgan fingerprint density at radius 2 is 0.214 bits per heavy atom. The quantitative estimate of drug-likeness (QED) is 0.339. The monoisotopic (exact) mass is 1150 g/mol. The summed E-state index contributed by atoms with van der Waals surface area (Å²) in [5, 5.41) is 0. The van der Waals surface area contributed by atoms with Gasteiger partial charge in [-0.25, -0.2) is 0 Å². The second-order valence-corrected chi connectivity index (χ2v) is 0. The normalized spacial score (nSPS) is 0. The average molecular weight is 1160 g/mol. The van der Waals surface area contributed by atoms with Gasteiger partial charge in [-0.05, 0) is 0 Å². The Labute approximate surface area is 222 Å². The zero-order valence-corrected chi connectivity index (χ0v) is 21.0. The first-order valence-electron chi connectivity index (χ1n) is 0. The Bertz CT molecular complexity index is 19.8. The van der Waals surface area contributed by atoms with E-state index in [0.29, 0.717) is 0 Å². The van der Waals surface area contributed by atoms with E-state index in [2.05, 4.69) is 0 Å². The molecule has 0 aliphatic heterocycles. The summed E-state index contributed by atoms with van der Waals surface area (Å²) in [5.74, 6) is 0. The van der Waals surface area contributed by atoms with Gasteiger partial charge in [0, 0.05) is 0 Å². The zero-order valence-electron chi connectivity index (χ0n) is 5.79. The summed E-state index contributed by atoms with van der Waals surface area (Å²) >= 11 is 0. The standard InChI is InChI=1S/3Er.8N.3Ta/q3*+3;8*-3;3*+5. The summed E-state index contributed by atoms with van der Waals surface area (Å²) in [6.45, 7) is 0. The van der Waals surface area contributed by atoms with Crippen molar-refractivity contribution in [2.24, 2.45) is 0 Å². The third-order valence-electron chi connectivity index (χ3n) is 0. The van der Waals surface area contributed by atoms with Gasteiger partial charge in [0.15, 0.2) is 0 Å². The molecule has 0 amide bonds. The number of rotatable bonds is 0. The van der Waals surface area contributed by atoms with Crippen LogP contribution < -0.4 is 0 Å². The van der Waals surface area contributed by atoms with Crippen molar-refractivity contribution in [2.45, 2.75) is 0 Å². The molecule has 8 nitrogen and oxygen atoms in total. The molecule has 0 fully saturated rings. The third kappa shape index (κ3) is 154. The summed E-state index contributed by atoms with van der Waals surface area (Å²) in [7, 11) is 0. The molecule has 0 rings (SSSR count). The van der Waals surface area contributed by atoms with Gasteiger partial charge in [0.1, 0.15) is 0 Å². The molecule has 0 spiro atoms. The van der Waals surface area contributed by atoms with E-state index in [1.165, 1.54) is 0 Å². The molecule has 0 aromatic heterocycles. The maximum atomic E-state index is 0.